The first-order valence-corrected chi connectivity index (χ1v) is 8.44. The van der Waals surface area contributed by atoms with Gasteiger partial charge in [0.05, 0.1) is 12.2 Å². The van der Waals surface area contributed by atoms with Gasteiger partial charge in [-0.1, -0.05) is 5.16 Å². The standard InChI is InChI=1S/C18H18N6O2/c1-19-16-7-13(22-17(23-16)12-3-2-6-20-9-12)10-21-18(25)14-8-15(26-24-14)11-4-5-11/h2-3,6-9,11H,4-5,10H2,1H3,(H,21,25)(H,19,22,23). The van der Waals surface area contributed by atoms with E-state index in [4.69, 9.17) is 4.52 Å². The Balaban J connectivity index is 1.49. The van der Waals surface area contributed by atoms with E-state index in [9.17, 15) is 4.79 Å². The Morgan fingerprint density at radius 2 is 2.19 bits per heavy atom. The maximum absolute atomic E-state index is 12.3. The Morgan fingerprint density at radius 3 is 2.92 bits per heavy atom. The summed E-state index contributed by atoms with van der Waals surface area (Å²) < 4.78 is 5.22. The second-order valence-electron chi connectivity index (χ2n) is 6.13. The molecule has 1 fully saturated rings. The topological polar surface area (TPSA) is 106 Å². The summed E-state index contributed by atoms with van der Waals surface area (Å²) in [6.07, 6.45) is 5.59. The maximum atomic E-state index is 12.3. The summed E-state index contributed by atoms with van der Waals surface area (Å²) in [6.45, 7) is 0.259. The average Bonchev–Trinajstić information content (AvgIpc) is 3.43. The van der Waals surface area contributed by atoms with Crippen molar-refractivity contribution in [2.45, 2.75) is 25.3 Å². The number of hydrogen-bond acceptors (Lipinski definition) is 7. The predicted molar refractivity (Wildman–Crippen MR) is 94.5 cm³/mol. The van der Waals surface area contributed by atoms with Crippen LogP contribution in [0.2, 0.25) is 0 Å². The van der Waals surface area contributed by atoms with Gasteiger partial charge in [-0.3, -0.25) is 9.78 Å². The number of anilines is 1. The summed E-state index contributed by atoms with van der Waals surface area (Å²) in [5.41, 5.74) is 1.78. The zero-order chi connectivity index (χ0) is 17.9. The molecule has 1 saturated carbocycles. The van der Waals surface area contributed by atoms with Crippen LogP contribution in [0.25, 0.3) is 11.4 Å². The molecular formula is C18H18N6O2. The first kappa shape index (κ1) is 16.2. The second-order valence-corrected chi connectivity index (χ2v) is 6.13. The van der Waals surface area contributed by atoms with Crippen LogP contribution in [-0.4, -0.2) is 33.1 Å². The Kier molecular flexibility index (Phi) is 4.30. The number of nitrogens with zero attached hydrogens (tertiary/aromatic N) is 4. The van der Waals surface area contributed by atoms with Crippen molar-refractivity contribution in [2.24, 2.45) is 0 Å². The van der Waals surface area contributed by atoms with E-state index < -0.39 is 0 Å². The SMILES string of the molecule is CNc1cc(CNC(=O)c2cc(C3CC3)on2)nc(-c2cccnc2)n1. The molecular weight excluding hydrogens is 332 g/mol. The molecule has 132 valence electrons. The third kappa shape index (κ3) is 3.53. The molecule has 0 aromatic carbocycles. The highest BCUT2D eigenvalue weighted by Gasteiger charge is 2.28. The highest BCUT2D eigenvalue weighted by molar-refractivity contribution is 5.92. The lowest BCUT2D eigenvalue weighted by molar-refractivity contribution is 0.0941. The van der Waals surface area contributed by atoms with Gasteiger partial charge in [0.25, 0.3) is 5.91 Å². The fourth-order valence-corrected chi connectivity index (χ4v) is 2.56. The largest absolute Gasteiger partial charge is 0.373 e. The molecule has 4 rings (SSSR count). The van der Waals surface area contributed by atoms with Crippen molar-refractivity contribution in [3.05, 3.63) is 53.8 Å². The molecule has 0 aliphatic heterocycles. The maximum Gasteiger partial charge on any atom is 0.273 e. The van der Waals surface area contributed by atoms with Gasteiger partial charge in [-0.05, 0) is 25.0 Å². The minimum absolute atomic E-state index is 0.259. The van der Waals surface area contributed by atoms with Crippen molar-refractivity contribution < 1.29 is 9.32 Å². The number of pyridine rings is 1. The Hall–Kier alpha value is -3.29. The van der Waals surface area contributed by atoms with Crippen molar-refractivity contribution in [1.29, 1.82) is 0 Å². The molecule has 0 unspecified atom stereocenters. The normalized spacial score (nSPS) is 13.4. The molecule has 1 aliphatic carbocycles. The lowest BCUT2D eigenvalue weighted by atomic mass is 10.2. The van der Waals surface area contributed by atoms with E-state index in [2.05, 4.69) is 30.7 Å². The average molecular weight is 350 g/mol. The van der Waals surface area contributed by atoms with Crippen molar-refractivity contribution in [3.63, 3.8) is 0 Å². The number of nitrogens with one attached hydrogen (secondary N) is 2. The summed E-state index contributed by atoms with van der Waals surface area (Å²) in [4.78, 5) is 25.3. The molecule has 26 heavy (non-hydrogen) atoms. The van der Waals surface area contributed by atoms with Crippen LogP contribution in [0.3, 0.4) is 0 Å². The van der Waals surface area contributed by atoms with Crippen LogP contribution in [-0.2, 0) is 6.54 Å². The lowest BCUT2D eigenvalue weighted by Crippen LogP contribution is -2.23. The van der Waals surface area contributed by atoms with Gasteiger partial charge >= 0.3 is 0 Å². The van der Waals surface area contributed by atoms with Crippen molar-refractivity contribution in [3.8, 4) is 11.4 Å². The van der Waals surface area contributed by atoms with Crippen LogP contribution in [0.4, 0.5) is 5.82 Å². The van der Waals surface area contributed by atoms with Crippen molar-refractivity contribution >= 4 is 11.7 Å². The van der Waals surface area contributed by atoms with E-state index in [1.807, 2.05) is 12.1 Å². The van der Waals surface area contributed by atoms with E-state index in [1.54, 1.807) is 31.6 Å². The summed E-state index contributed by atoms with van der Waals surface area (Å²) in [6, 6.07) is 7.22. The zero-order valence-corrected chi connectivity index (χ0v) is 14.3. The van der Waals surface area contributed by atoms with Crippen LogP contribution in [0.15, 0.2) is 41.2 Å². The van der Waals surface area contributed by atoms with Crippen LogP contribution in [0.1, 0.15) is 40.7 Å². The smallest absolute Gasteiger partial charge is 0.273 e. The molecule has 0 spiro atoms. The lowest BCUT2D eigenvalue weighted by Gasteiger charge is -2.08. The molecule has 1 aliphatic rings. The van der Waals surface area contributed by atoms with Crippen molar-refractivity contribution in [1.82, 2.24) is 25.4 Å². The van der Waals surface area contributed by atoms with Gasteiger partial charge < -0.3 is 15.2 Å². The molecule has 2 N–H and O–H groups in total. The van der Waals surface area contributed by atoms with E-state index in [1.165, 1.54) is 0 Å². The van der Waals surface area contributed by atoms with Gasteiger partial charge in [0, 0.05) is 43.1 Å². The van der Waals surface area contributed by atoms with Gasteiger partial charge in [0.15, 0.2) is 11.5 Å². The second kappa shape index (κ2) is 6.91. The summed E-state index contributed by atoms with van der Waals surface area (Å²) >= 11 is 0. The van der Waals surface area contributed by atoms with E-state index in [-0.39, 0.29) is 12.5 Å². The van der Waals surface area contributed by atoms with Gasteiger partial charge in [0.2, 0.25) is 0 Å². The number of amides is 1. The first-order chi connectivity index (χ1) is 12.7. The minimum Gasteiger partial charge on any atom is -0.373 e. The highest BCUT2D eigenvalue weighted by Crippen LogP contribution is 2.40. The van der Waals surface area contributed by atoms with E-state index >= 15 is 0 Å². The number of carbonyl (C=O) groups excluding carboxylic acids is 1. The fourth-order valence-electron chi connectivity index (χ4n) is 2.56. The van der Waals surface area contributed by atoms with Gasteiger partial charge in [-0.25, -0.2) is 9.97 Å². The molecule has 3 aromatic heterocycles. The Morgan fingerprint density at radius 1 is 1.31 bits per heavy atom. The third-order valence-corrected chi connectivity index (χ3v) is 4.13. The Bertz CT molecular complexity index is 920. The van der Waals surface area contributed by atoms with Crippen LogP contribution < -0.4 is 10.6 Å². The minimum atomic E-state index is -0.284. The molecule has 0 bridgehead atoms. The number of hydrogen-bond donors (Lipinski definition) is 2. The summed E-state index contributed by atoms with van der Waals surface area (Å²) in [5, 5.41) is 9.68. The van der Waals surface area contributed by atoms with Crippen LogP contribution in [0.5, 0.6) is 0 Å². The third-order valence-electron chi connectivity index (χ3n) is 4.13. The van der Waals surface area contributed by atoms with Crippen LogP contribution in [0, 0.1) is 0 Å². The highest BCUT2D eigenvalue weighted by atomic mass is 16.5. The monoisotopic (exact) mass is 350 g/mol. The Labute approximate surface area is 150 Å². The molecule has 3 heterocycles. The number of rotatable bonds is 6. The number of carbonyl (C=O) groups is 1. The van der Waals surface area contributed by atoms with Crippen molar-refractivity contribution in [2.75, 3.05) is 12.4 Å². The molecule has 8 nitrogen and oxygen atoms in total. The fraction of sp³-hybridized carbons (Fsp3) is 0.278. The predicted octanol–water partition coefficient (Wildman–Crippen LogP) is 2.38. The zero-order valence-electron chi connectivity index (χ0n) is 14.3. The molecule has 8 heteroatoms. The van der Waals surface area contributed by atoms with Gasteiger partial charge in [-0.2, -0.15) is 0 Å². The van der Waals surface area contributed by atoms with Gasteiger partial charge in [0.1, 0.15) is 11.6 Å². The quantitative estimate of drug-likeness (QED) is 0.703. The molecule has 0 atom stereocenters. The van der Waals surface area contributed by atoms with Gasteiger partial charge in [-0.15, -0.1) is 0 Å². The molecule has 0 saturated heterocycles. The summed E-state index contributed by atoms with van der Waals surface area (Å²) in [5.74, 6) is 2.14. The molecule has 0 radical (unpaired) electrons. The molecule has 3 aromatic rings. The number of aromatic nitrogens is 4. The van der Waals surface area contributed by atoms with E-state index in [0.29, 0.717) is 28.9 Å². The van der Waals surface area contributed by atoms with Crippen LogP contribution >= 0.6 is 0 Å². The van der Waals surface area contributed by atoms with E-state index in [0.717, 1.165) is 24.2 Å². The first-order valence-electron chi connectivity index (χ1n) is 8.44. The summed E-state index contributed by atoms with van der Waals surface area (Å²) in [7, 11) is 1.78. The molecule has 1 amide bonds.